The van der Waals surface area contributed by atoms with Crippen molar-refractivity contribution in [1.29, 1.82) is 0 Å². The highest BCUT2D eigenvalue weighted by Crippen LogP contribution is 2.12. The van der Waals surface area contributed by atoms with E-state index in [9.17, 15) is 9.59 Å². The molecule has 2 rings (SSSR count). The Labute approximate surface area is 135 Å². The van der Waals surface area contributed by atoms with E-state index < -0.39 is 0 Å². The number of aryl methyl sites for hydroxylation is 2. The molecule has 2 aromatic carbocycles. The van der Waals surface area contributed by atoms with Gasteiger partial charge in [-0.25, -0.2) is 0 Å². The van der Waals surface area contributed by atoms with Crippen molar-refractivity contribution in [3.8, 4) is 5.75 Å². The van der Waals surface area contributed by atoms with Crippen molar-refractivity contribution in [1.82, 2.24) is 10.9 Å². The second-order valence-electron chi connectivity index (χ2n) is 5.35. The molecule has 23 heavy (non-hydrogen) atoms. The van der Waals surface area contributed by atoms with Crippen molar-refractivity contribution in [3.05, 3.63) is 64.7 Å². The molecular weight excluding hydrogens is 292 g/mol. The van der Waals surface area contributed by atoms with Crippen LogP contribution in [0.2, 0.25) is 0 Å². The van der Waals surface area contributed by atoms with Gasteiger partial charge in [0.15, 0.2) is 0 Å². The summed E-state index contributed by atoms with van der Waals surface area (Å²) in [7, 11) is 1.59. The van der Waals surface area contributed by atoms with E-state index in [1.807, 2.05) is 38.1 Å². The SMILES string of the molecule is COc1ccc(CC(=O)NNC(=O)c2ccc(C)cc2C)cc1. The van der Waals surface area contributed by atoms with Crippen LogP contribution in [0.1, 0.15) is 27.0 Å². The molecule has 5 heteroatoms. The fourth-order valence-corrected chi connectivity index (χ4v) is 2.24. The lowest BCUT2D eigenvalue weighted by Gasteiger charge is -2.10. The van der Waals surface area contributed by atoms with E-state index in [2.05, 4.69) is 10.9 Å². The minimum Gasteiger partial charge on any atom is -0.497 e. The molecule has 2 aromatic rings. The first-order chi connectivity index (χ1) is 11.0. The number of benzene rings is 2. The van der Waals surface area contributed by atoms with Crippen LogP contribution in [0.5, 0.6) is 5.75 Å². The monoisotopic (exact) mass is 312 g/mol. The molecule has 0 bridgehead atoms. The highest BCUT2D eigenvalue weighted by molar-refractivity contribution is 5.96. The Morgan fingerprint density at radius 1 is 1.00 bits per heavy atom. The zero-order valence-corrected chi connectivity index (χ0v) is 13.5. The number of hydrazine groups is 1. The maximum absolute atomic E-state index is 12.1. The Kier molecular flexibility index (Phi) is 5.36. The molecule has 0 radical (unpaired) electrons. The Bertz CT molecular complexity index is 709. The van der Waals surface area contributed by atoms with Crippen molar-refractivity contribution in [2.75, 3.05) is 7.11 Å². The third kappa shape index (κ3) is 4.57. The van der Waals surface area contributed by atoms with Gasteiger partial charge in [-0.2, -0.15) is 0 Å². The average molecular weight is 312 g/mol. The summed E-state index contributed by atoms with van der Waals surface area (Å²) in [5.41, 5.74) is 8.20. The van der Waals surface area contributed by atoms with Gasteiger partial charge in [0.2, 0.25) is 5.91 Å². The Balaban J connectivity index is 1.89. The van der Waals surface area contributed by atoms with Crippen LogP contribution >= 0.6 is 0 Å². The zero-order valence-electron chi connectivity index (χ0n) is 13.5. The fraction of sp³-hybridized carbons (Fsp3) is 0.222. The molecule has 0 aliphatic rings. The minimum absolute atomic E-state index is 0.178. The van der Waals surface area contributed by atoms with E-state index in [4.69, 9.17) is 4.74 Å². The molecule has 0 aliphatic carbocycles. The Morgan fingerprint density at radius 3 is 2.30 bits per heavy atom. The van der Waals surface area contributed by atoms with Gasteiger partial charge < -0.3 is 4.74 Å². The van der Waals surface area contributed by atoms with Gasteiger partial charge in [-0.15, -0.1) is 0 Å². The van der Waals surface area contributed by atoms with E-state index in [-0.39, 0.29) is 18.2 Å². The molecule has 0 aliphatic heterocycles. The first-order valence-electron chi connectivity index (χ1n) is 7.29. The summed E-state index contributed by atoms with van der Waals surface area (Å²) in [6, 6.07) is 12.7. The maximum atomic E-state index is 12.1. The summed E-state index contributed by atoms with van der Waals surface area (Å²) in [6.45, 7) is 3.83. The van der Waals surface area contributed by atoms with Crippen molar-refractivity contribution in [2.45, 2.75) is 20.3 Å². The summed E-state index contributed by atoms with van der Waals surface area (Å²) in [5, 5.41) is 0. The molecule has 120 valence electrons. The zero-order chi connectivity index (χ0) is 16.8. The van der Waals surface area contributed by atoms with Crippen LogP contribution in [0.15, 0.2) is 42.5 Å². The molecular formula is C18H20N2O3. The van der Waals surface area contributed by atoms with Gasteiger partial charge in [-0.1, -0.05) is 29.8 Å². The molecule has 0 saturated heterocycles. The largest absolute Gasteiger partial charge is 0.497 e. The number of carbonyl (C=O) groups is 2. The van der Waals surface area contributed by atoms with Crippen LogP contribution in [0.4, 0.5) is 0 Å². The molecule has 0 heterocycles. The molecule has 0 unspecified atom stereocenters. The van der Waals surface area contributed by atoms with Crippen LogP contribution in [0.3, 0.4) is 0 Å². The lowest BCUT2D eigenvalue weighted by molar-refractivity contribution is -0.121. The molecule has 5 nitrogen and oxygen atoms in total. The molecule has 0 saturated carbocycles. The molecule has 0 fully saturated rings. The van der Waals surface area contributed by atoms with Crippen LogP contribution in [-0.2, 0) is 11.2 Å². The fourth-order valence-electron chi connectivity index (χ4n) is 2.24. The molecule has 0 aromatic heterocycles. The Hall–Kier alpha value is -2.82. The summed E-state index contributed by atoms with van der Waals surface area (Å²) in [5.74, 6) is 0.121. The van der Waals surface area contributed by atoms with E-state index >= 15 is 0 Å². The van der Waals surface area contributed by atoms with Crippen molar-refractivity contribution < 1.29 is 14.3 Å². The molecule has 2 amide bonds. The Morgan fingerprint density at radius 2 is 1.70 bits per heavy atom. The highest BCUT2D eigenvalue weighted by atomic mass is 16.5. The van der Waals surface area contributed by atoms with Crippen LogP contribution in [0.25, 0.3) is 0 Å². The molecule has 0 atom stereocenters. The highest BCUT2D eigenvalue weighted by Gasteiger charge is 2.10. The van der Waals surface area contributed by atoms with E-state index in [0.29, 0.717) is 5.56 Å². The van der Waals surface area contributed by atoms with E-state index in [1.54, 1.807) is 25.3 Å². The smallest absolute Gasteiger partial charge is 0.269 e. The number of hydrogen-bond donors (Lipinski definition) is 2. The lowest BCUT2D eigenvalue weighted by Crippen LogP contribution is -2.42. The first-order valence-corrected chi connectivity index (χ1v) is 7.29. The summed E-state index contributed by atoms with van der Waals surface area (Å²) >= 11 is 0. The van der Waals surface area contributed by atoms with Crippen LogP contribution < -0.4 is 15.6 Å². The molecule has 0 spiro atoms. The second kappa shape index (κ2) is 7.45. The number of hydrogen-bond acceptors (Lipinski definition) is 3. The van der Waals surface area contributed by atoms with E-state index in [0.717, 1.165) is 22.4 Å². The predicted molar refractivity (Wildman–Crippen MR) is 88.2 cm³/mol. The van der Waals surface area contributed by atoms with Crippen LogP contribution in [0, 0.1) is 13.8 Å². The third-order valence-corrected chi connectivity index (χ3v) is 3.47. The number of rotatable bonds is 4. The van der Waals surface area contributed by atoms with E-state index in [1.165, 1.54) is 0 Å². The topological polar surface area (TPSA) is 67.4 Å². The number of methoxy groups -OCH3 is 1. The normalized spacial score (nSPS) is 10.0. The van der Waals surface area contributed by atoms with Gasteiger partial charge in [0.25, 0.3) is 5.91 Å². The number of amides is 2. The van der Waals surface area contributed by atoms with Crippen molar-refractivity contribution in [3.63, 3.8) is 0 Å². The number of carbonyl (C=O) groups excluding carboxylic acids is 2. The second-order valence-corrected chi connectivity index (χ2v) is 5.35. The summed E-state index contributed by atoms with van der Waals surface area (Å²) in [4.78, 5) is 24.0. The number of nitrogens with one attached hydrogen (secondary N) is 2. The van der Waals surface area contributed by atoms with Gasteiger partial charge in [0.05, 0.1) is 13.5 Å². The maximum Gasteiger partial charge on any atom is 0.269 e. The van der Waals surface area contributed by atoms with Crippen LogP contribution in [-0.4, -0.2) is 18.9 Å². The van der Waals surface area contributed by atoms with Crippen molar-refractivity contribution >= 4 is 11.8 Å². The summed E-state index contributed by atoms with van der Waals surface area (Å²) < 4.78 is 5.06. The van der Waals surface area contributed by atoms with Gasteiger partial charge in [0, 0.05) is 5.56 Å². The predicted octanol–water partition coefficient (Wildman–Crippen LogP) is 2.32. The minimum atomic E-state index is -0.328. The van der Waals surface area contributed by atoms with Crippen molar-refractivity contribution in [2.24, 2.45) is 0 Å². The summed E-state index contributed by atoms with van der Waals surface area (Å²) in [6.07, 6.45) is 0.178. The van der Waals surface area contributed by atoms with Gasteiger partial charge >= 0.3 is 0 Å². The average Bonchev–Trinajstić information content (AvgIpc) is 2.53. The number of ether oxygens (including phenoxy) is 1. The quantitative estimate of drug-likeness (QED) is 0.851. The molecule has 2 N–H and O–H groups in total. The van der Waals surface area contributed by atoms with Gasteiger partial charge in [0.1, 0.15) is 5.75 Å². The van der Waals surface area contributed by atoms with Gasteiger partial charge in [-0.3, -0.25) is 20.4 Å². The third-order valence-electron chi connectivity index (χ3n) is 3.47. The first kappa shape index (κ1) is 16.5. The standard InChI is InChI=1S/C18H20N2O3/c1-12-4-9-16(13(2)10-12)18(22)20-19-17(21)11-14-5-7-15(23-3)8-6-14/h4-10H,11H2,1-3H3,(H,19,21)(H,20,22). The van der Waals surface area contributed by atoms with Gasteiger partial charge in [-0.05, 0) is 43.2 Å². The lowest BCUT2D eigenvalue weighted by atomic mass is 10.1.